The summed E-state index contributed by atoms with van der Waals surface area (Å²) in [7, 11) is 0. The molecule has 1 nitrogen and oxygen atoms in total. The Balaban J connectivity index is 2.41. The van der Waals surface area contributed by atoms with Gasteiger partial charge < -0.3 is 5.11 Å². The van der Waals surface area contributed by atoms with E-state index in [1.807, 2.05) is 18.2 Å². The first kappa shape index (κ1) is 11.1. The quantitative estimate of drug-likeness (QED) is 0.753. The third kappa shape index (κ3) is 3.41. The van der Waals surface area contributed by atoms with Gasteiger partial charge in [0.25, 0.3) is 0 Å². The molecular weight excluding hydrogens is 172 g/mol. The van der Waals surface area contributed by atoms with E-state index in [0.29, 0.717) is 5.75 Å². The minimum atomic E-state index is 0.441. The number of phenols is 1. The van der Waals surface area contributed by atoms with E-state index in [0.717, 1.165) is 17.9 Å². The number of benzene rings is 1. The topological polar surface area (TPSA) is 20.2 Å². The van der Waals surface area contributed by atoms with Crippen LogP contribution in [0.3, 0.4) is 0 Å². The molecule has 1 heteroatoms. The number of aryl methyl sites for hydroxylation is 1. The fraction of sp³-hybridized carbons (Fsp3) is 0.538. The summed E-state index contributed by atoms with van der Waals surface area (Å²) in [6.07, 6.45) is 4.70. The van der Waals surface area contributed by atoms with Gasteiger partial charge in [0.2, 0.25) is 0 Å². The molecule has 0 saturated carbocycles. The van der Waals surface area contributed by atoms with E-state index >= 15 is 0 Å². The number of phenolic OH excluding ortho intramolecular Hbond substituents is 1. The maximum Gasteiger partial charge on any atom is 0.118 e. The van der Waals surface area contributed by atoms with Crippen molar-refractivity contribution in [2.24, 2.45) is 5.92 Å². The highest BCUT2D eigenvalue weighted by Gasteiger charge is 2.03. The second kappa shape index (κ2) is 5.69. The molecule has 1 aromatic rings. The molecular formula is C13H20O. The lowest BCUT2D eigenvalue weighted by Gasteiger charge is -2.10. The normalized spacial score (nSPS) is 12.7. The van der Waals surface area contributed by atoms with Crippen LogP contribution in [0.4, 0.5) is 0 Å². The van der Waals surface area contributed by atoms with Crippen LogP contribution in [-0.2, 0) is 6.42 Å². The minimum Gasteiger partial charge on any atom is -0.508 e. The van der Waals surface area contributed by atoms with E-state index in [1.165, 1.54) is 19.3 Å². The Bertz CT molecular complexity index is 268. The summed E-state index contributed by atoms with van der Waals surface area (Å²) < 4.78 is 0. The summed E-state index contributed by atoms with van der Waals surface area (Å²) in [4.78, 5) is 0. The third-order valence-electron chi connectivity index (χ3n) is 2.68. The van der Waals surface area contributed by atoms with Gasteiger partial charge in [0, 0.05) is 0 Å². The molecule has 0 aliphatic carbocycles. The van der Waals surface area contributed by atoms with Crippen molar-refractivity contribution in [2.45, 2.75) is 39.5 Å². The van der Waals surface area contributed by atoms with Crippen LogP contribution in [0.25, 0.3) is 0 Å². The van der Waals surface area contributed by atoms with Gasteiger partial charge in [-0.2, -0.15) is 0 Å². The van der Waals surface area contributed by atoms with Crippen LogP contribution in [0.2, 0.25) is 0 Å². The number of para-hydroxylation sites is 1. The molecule has 1 aromatic carbocycles. The van der Waals surface area contributed by atoms with Crippen molar-refractivity contribution in [3.8, 4) is 5.75 Å². The highest BCUT2D eigenvalue weighted by Crippen LogP contribution is 2.20. The number of hydrogen-bond acceptors (Lipinski definition) is 1. The average molecular weight is 192 g/mol. The molecule has 1 unspecified atom stereocenters. The molecule has 0 fully saturated rings. The molecule has 14 heavy (non-hydrogen) atoms. The van der Waals surface area contributed by atoms with E-state index < -0.39 is 0 Å². The molecule has 0 aromatic heterocycles. The van der Waals surface area contributed by atoms with E-state index in [-0.39, 0.29) is 0 Å². The zero-order valence-corrected chi connectivity index (χ0v) is 9.16. The van der Waals surface area contributed by atoms with E-state index in [1.54, 1.807) is 6.07 Å². The molecule has 1 N–H and O–H groups in total. The van der Waals surface area contributed by atoms with Crippen molar-refractivity contribution in [3.63, 3.8) is 0 Å². The van der Waals surface area contributed by atoms with Crippen LogP contribution in [-0.4, -0.2) is 5.11 Å². The Morgan fingerprint density at radius 3 is 2.57 bits per heavy atom. The van der Waals surface area contributed by atoms with Crippen molar-refractivity contribution in [2.75, 3.05) is 0 Å². The van der Waals surface area contributed by atoms with Gasteiger partial charge in [0.05, 0.1) is 0 Å². The zero-order valence-electron chi connectivity index (χ0n) is 9.16. The first-order chi connectivity index (χ1) is 6.74. The molecule has 0 amide bonds. The van der Waals surface area contributed by atoms with Crippen molar-refractivity contribution in [1.82, 2.24) is 0 Å². The van der Waals surface area contributed by atoms with Crippen molar-refractivity contribution in [3.05, 3.63) is 29.8 Å². The van der Waals surface area contributed by atoms with Gasteiger partial charge in [0.15, 0.2) is 0 Å². The predicted octanol–water partition coefficient (Wildman–Crippen LogP) is 3.76. The van der Waals surface area contributed by atoms with E-state index in [4.69, 9.17) is 0 Å². The largest absolute Gasteiger partial charge is 0.508 e. The number of aromatic hydroxyl groups is 1. The summed E-state index contributed by atoms with van der Waals surface area (Å²) in [5.74, 6) is 1.20. The lowest BCUT2D eigenvalue weighted by atomic mass is 9.97. The maximum atomic E-state index is 9.55. The minimum absolute atomic E-state index is 0.441. The zero-order chi connectivity index (χ0) is 10.4. The van der Waals surface area contributed by atoms with Crippen LogP contribution < -0.4 is 0 Å². The monoisotopic (exact) mass is 192 g/mol. The first-order valence-electron chi connectivity index (χ1n) is 5.51. The standard InChI is InChI=1S/C13H20O/c1-3-6-11(2)9-10-12-7-4-5-8-13(12)14/h4-5,7-8,11,14H,3,6,9-10H2,1-2H3. The van der Waals surface area contributed by atoms with Gasteiger partial charge in [0.1, 0.15) is 5.75 Å². The molecule has 0 radical (unpaired) electrons. The predicted molar refractivity (Wildman–Crippen MR) is 60.5 cm³/mol. The fourth-order valence-corrected chi connectivity index (χ4v) is 1.76. The highest BCUT2D eigenvalue weighted by atomic mass is 16.3. The Labute approximate surface area is 86.8 Å². The summed E-state index contributed by atoms with van der Waals surface area (Å²) >= 11 is 0. The van der Waals surface area contributed by atoms with Crippen LogP contribution in [0.1, 0.15) is 38.7 Å². The van der Waals surface area contributed by atoms with E-state index in [2.05, 4.69) is 13.8 Å². The van der Waals surface area contributed by atoms with Crippen molar-refractivity contribution in [1.29, 1.82) is 0 Å². The lowest BCUT2D eigenvalue weighted by Crippen LogP contribution is -1.96. The van der Waals surface area contributed by atoms with Gasteiger partial charge in [-0.3, -0.25) is 0 Å². The maximum absolute atomic E-state index is 9.55. The van der Waals surface area contributed by atoms with Crippen LogP contribution >= 0.6 is 0 Å². The van der Waals surface area contributed by atoms with Gasteiger partial charge in [-0.1, -0.05) is 44.9 Å². The second-order valence-electron chi connectivity index (χ2n) is 4.06. The van der Waals surface area contributed by atoms with Gasteiger partial charge in [-0.15, -0.1) is 0 Å². The number of hydrogen-bond donors (Lipinski definition) is 1. The van der Waals surface area contributed by atoms with Crippen LogP contribution in [0.5, 0.6) is 5.75 Å². The summed E-state index contributed by atoms with van der Waals surface area (Å²) in [6.45, 7) is 4.50. The third-order valence-corrected chi connectivity index (χ3v) is 2.68. The molecule has 1 atom stereocenters. The van der Waals surface area contributed by atoms with Gasteiger partial charge in [-0.25, -0.2) is 0 Å². The van der Waals surface area contributed by atoms with Gasteiger partial charge >= 0.3 is 0 Å². The summed E-state index contributed by atoms with van der Waals surface area (Å²) in [5.41, 5.74) is 1.08. The van der Waals surface area contributed by atoms with Crippen LogP contribution in [0.15, 0.2) is 24.3 Å². The first-order valence-corrected chi connectivity index (χ1v) is 5.51. The highest BCUT2D eigenvalue weighted by molar-refractivity contribution is 5.31. The molecule has 0 saturated heterocycles. The van der Waals surface area contributed by atoms with Gasteiger partial charge in [-0.05, 0) is 30.4 Å². The number of rotatable bonds is 5. The van der Waals surface area contributed by atoms with Crippen molar-refractivity contribution >= 4 is 0 Å². The molecule has 0 heterocycles. The molecule has 0 spiro atoms. The Morgan fingerprint density at radius 2 is 1.93 bits per heavy atom. The fourth-order valence-electron chi connectivity index (χ4n) is 1.76. The van der Waals surface area contributed by atoms with Crippen LogP contribution in [0, 0.1) is 5.92 Å². The molecule has 1 rings (SSSR count). The molecule has 0 aliphatic rings. The second-order valence-corrected chi connectivity index (χ2v) is 4.06. The smallest absolute Gasteiger partial charge is 0.118 e. The van der Waals surface area contributed by atoms with Crippen molar-refractivity contribution < 1.29 is 5.11 Å². The lowest BCUT2D eigenvalue weighted by molar-refractivity contribution is 0.453. The molecule has 0 bridgehead atoms. The molecule has 0 aliphatic heterocycles. The summed E-state index contributed by atoms with van der Waals surface area (Å²) in [5, 5.41) is 9.55. The molecule has 78 valence electrons. The summed E-state index contributed by atoms with van der Waals surface area (Å²) in [6, 6.07) is 7.63. The Kier molecular flexibility index (Phi) is 4.51. The Morgan fingerprint density at radius 1 is 1.21 bits per heavy atom. The van der Waals surface area contributed by atoms with E-state index in [9.17, 15) is 5.11 Å². The SMILES string of the molecule is CCCC(C)CCc1ccccc1O. The Hall–Kier alpha value is -0.980. The average Bonchev–Trinajstić information content (AvgIpc) is 2.17.